The molecule has 0 aliphatic carbocycles. The number of amides is 1. The number of rotatable bonds is 7. The molecular formula is C23H20Cl2N4O4. The number of nitrogens with one attached hydrogen (secondary N) is 1. The van der Waals surface area contributed by atoms with Crippen molar-refractivity contribution in [3.63, 3.8) is 0 Å². The van der Waals surface area contributed by atoms with Gasteiger partial charge < -0.3 is 19.6 Å². The van der Waals surface area contributed by atoms with Gasteiger partial charge in [-0.3, -0.25) is 14.8 Å². The van der Waals surface area contributed by atoms with Crippen LogP contribution in [0.1, 0.15) is 29.3 Å². The molecule has 8 nitrogen and oxygen atoms in total. The van der Waals surface area contributed by atoms with Gasteiger partial charge in [-0.15, -0.1) is 0 Å². The average Bonchev–Trinajstić information content (AvgIpc) is 3.23. The van der Waals surface area contributed by atoms with Crippen LogP contribution in [0.3, 0.4) is 0 Å². The zero-order valence-electron chi connectivity index (χ0n) is 17.8. The van der Waals surface area contributed by atoms with Crippen molar-refractivity contribution < 1.29 is 19.1 Å². The predicted octanol–water partition coefficient (Wildman–Crippen LogP) is 5.01. The van der Waals surface area contributed by atoms with Gasteiger partial charge in [0.25, 0.3) is 5.91 Å². The molecule has 1 aliphatic heterocycles. The summed E-state index contributed by atoms with van der Waals surface area (Å²) in [7, 11) is 1.52. The van der Waals surface area contributed by atoms with Gasteiger partial charge in [-0.05, 0) is 37.3 Å². The fourth-order valence-corrected chi connectivity index (χ4v) is 3.69. The molecule has 3 aromatic rings. The van der Waals surface area contributed by atoms with E-state index in [1.54, 1.807) is 30.6 Å². The highest BCUT2D eigenvalue weighted by Gasteiger charge is 2.36. The first-order chi connectivity index (χ1) is 15.9. The minimum Gasteiger partial charge on any atom is -0.493 e. The maximum absolute atomic E-state index is 12.8. The number of pyridine rings is 2. The smallest absolute Gasteiger partial charge is 0.255 e. The molecule has 4 rings (SSSR count). The second-order valence-electron chi connectivity index (χ2n) is 7.58. The number of hydrogen-bond donors (Lipinski definition) is 1. The second-order valence-corrected chi connectivity index (χ2v) is 8.40. The SMILES string of the molecule is COc1ccc(C(=O)Nc2c(Cl)cncc2Cl)cc1OCC1(C)CC(c2cccnc2)=NO1. The minimum atomic E-state index is -0.688. The third-order valence-electron chi connectivity index (χ3n) is 4.96. The van der Waals surface area contributed by atoms with Gasteiger partial charge in [-0.1, -0.05) is 28.4 Å². The lowest BCUT2D eigenvalue weighted by molar-refractivity contribution is -0.0361. The molecule has 0 fully saturated rings. The van der Waals surface area contributed by atoms with Crippen molar-refractivity contribution in [3.8, 4) is 11.5 Å². The van der Waals surface area contributed by atoms with Gasteiger partial charge >= 0.3 is 0 Å². The molecule has 0 saturated heterocycles. The van der Waals surface area contributed by atoms with Crippen LogP contribution in [0.5, 0.6) is 11.5 Å². The molecule has 1 aromatic carbocycles. The molecule has 1 atom stereocenters. The highest BCUT2D eigenvalue weighted by molar-refractivity contribution is 6.39. The van der Waals surface area contributed by atoms with Gasteiger partial charge in [-0.25, -0.2) is 0 Å². The number of carbonyl (C=O) groups excluding carboxylic acids is 1. The Balaban J connectivity index is 1.47. The largest absolute Gasteiger partial charge is 0.493 e. The zero-order valence-corrected chi connectivity index (χ0v) is 19.4. The molecule has 0 saturated carbocycles. The fourth-order valence-electron chi connectivity index (χ4n) is 3.23. The number of ether oxygens (including phenoxy) is 2. The van der Waals surface area contributed by atoms with E-state index in [0.717, 1.165) is 11.3 Å². The lowest BCUT2D eigenvalue weighted by Gasteiger charge is -2.22. The molecule has 2 aromatic heterocycles. The summed E-state index contributed by atoms with van der Waals surface area (Å²) in [5.41, 5.74) is 1.61. The first-order valence-electron chi connectivity index (χ1n) is 9.95. The fraction of sp³-hybridized carbons (Fsp3) is 0.217. The van der Waals surface area contributed by atoms with Gasteiger partial charge in [0.15, 0.2) is 17.1 Å². The van der Waals surface area contributed by atoms with Gasteiger partial charge in [0.2, 0.25) is 0 Å². The first-order valence-corrected chi connectivity index (χ1v) is 10.7. The zero-order chi connectivity index (χ0) is 23.4. The van der Waals surface area contributed by atoms with Crippen molar-refractivity contribution in [1.29, 1.82) is 0 Å². The summed E-state index contributed by atoms with van der Waals surface area (Å²) in [4.78, 5) is 26.5. The number of aromatic nitrogens is 2. The highest BCUT2D eigenvalue weighted by Crippen LogP contribution is 2.33. The van der Waals surface area contributed by atoms with Crippen LogP contribution in [-0.2, 0) is 4.84 Å². The summed E-state index contributed by atoms with van der Waals surface area (Å²) in [6, 6.07) is 8.61. The number of methoxy groups -OCH3 is 1. The maximum atomic E-state index is 12.8. The number of hydrogen-bond acceptors (Lipinski definition) is 7. The number of halogens is 2. The summed E-state index contributed by atoms with van der Waals surface area (Å²) in [6.07, 6.45) is 6.78. The Bertz CT molecular complexity index is 1190. The first kappa shape index (κ1) is 22.8. The third-order valence-corrected chi connectivity index (χ3v) is 5.54. The third kappa shape index (κ3) is 5.18. The van der Waals surface area contributed by atoms with Crippen molar-refractivity contribution in [1.82, 2.24) is 9.97 Å². The van der Waals surface area contributed by atoms with E-state index in [-0.39, 0.29) is 22.3 Å². The standard InChI is InChI=1S/C23H20Cl2N4O4/c1-23(9-18(29-33-23)15-4-3-7-26-10-15)13-32-20-8-14(5-6-19(20)31-2)22(30)28-21-16(24)11-27-12-17(21)25/h3-8,10-12H,9,13H2,1-2H3,(H,27,28,30). The topological polar surface area (TPSA) is 94.9 Å². The van der Waals surface area contributed by atoms with Crippen molar-refractivity contribution in [2.45, 2.75) is 18.9 Å². The van der Waals surface area contributed by atoms with E-state index in [1.165, 1.54) is 19.5 Å². The van der Waals surface area contributed by atoms with Crippen molar-refractivity contribution >= 4 is 40.5 Å². The molecule has 0 radical (unpaired) electrons. The number of carbonyl (C=O) groups is 1. The number of oxime groups is 1. The summed E-state index contributed by atoms with van der Waals surface area (Å²) in [5, 5.41) is 7.36. The van der Waals surface area contributed by atoms with E-state index in [4.69, 9.17) is 37.5 Å². The molecule has 0 bridgehead atoms. The molecule has 1 N–H and O–H groups in total. The number of benzene rings is 1. The van der Waals surface area contributed by atoms with E-state index in [0.29, 0.717) is 23.5 Å². The molecule has 33 heavy (non-hydrogen) atoms. The predicted molar refractivity (Wildman–Crippen MR) is 126 cm³/mol. The van der Waals surface area contributed by atoms with E-state index in [9.17, 15) is 4.79 Å². The Morgan fingerprint density at radius 1 is 1.15 bits per heavy atom. The summed E-state index contributed by atoms with van der Waals surface area (Å²) < 4.78 is 11.4. The van der Waals surface area contributed by atoms with E-state index >= 15 is 0 Å². The van der Waals surface area contributed by atoms with Crippen LogP contribution in [0.15, 0.2) is 60.3 Å². The molecule has 1 amide bonds. The Labute approximate surface area is 200 Å². The van der Waals surface area contributed by atoms with E-state index < -0.39 is 11.5 Å². The Hall–Kier alpha value is -3.36. The summed E-state index contributed by atoms with van der Waals surface area (Å²) in [5.74, 6) is 0.446. The van der Waals surface area contributed by atoms with Gasteiger partial charge in [0, 0.05) is 42.3 Å². The van der Waals surface area contributed by atoms with Crippen LogP contribution in [0.25, 0.3) is 0 Å². The Morgan fingerprint density at radius 2 is 1.94 bits per heavy atom. The van der Waals surface area contributed by atoms with Crippen LogP contribution in [-0.4, -0.2) is 40.9 Å². The molecule has 10 heteroatoms. The van der Waals surface area contributed by atoms with Crippen LogP contribution in [0.4, 0.5) is 5.69 Å². The second kappa shape index (κ2) is 9.64. The summed E-state index contributed by atoms with van der Waals surface area (Å²) >= 11 is 12.2. The Morgan fingerprint density at radius 3 is 2.64 bits per heavy atom. The van der Waals surface area contributed by atoms with Crippen LogP contribution in [0, 0.1) is 0 Å². The van der Waals surface area contributed by atoms with Gasteiger partial charge in [-0.2, -0.15) is 0 Å². The molecule has 170 valence electrons. The molecule has 1 unspecified atom stereocenters. The van der Waals surface area contributed by atoms with Crippen LogP contribution < -0.4 is 14.8 Å². The molecule has 0 spiro atoms. The number of anilines is 1. The molecule has 3 heterocycles. The van der Waals surface area contributed by atoms with E-state index in [2.05, 4.69) is 20.4 Å². The summed E-state index contributed by atoms with van der Waals surface area (Å²) in [6.45, 7) is 2.08. The van der Waals surface area contributed by atoms with Crippen LogP contribution in [0.2, 0.25) is 10.0 Å². The lowest BCUT2D eigenvalue weighted by atomic mass is 9.97. The van der Waals surface area contributed by atoms with Gasteiger partial charge in [0.1, 0.15) is 6.61 Å². The Kier molecular flexibility index (Phi) is 6.67. The molecule has 1 aliphatic rings. The maximum Gasteiger partial charge on any atom is 0.255 e. The average molecular weight is 487 g/mol. The highest BCUT2D eigenvalue weighted by atomic mass is 35.5. The van der Waals surface area contributed by atoms with Crippen LogP contribution >= 0.6 is 23.2 Å². The van der Waals surface area contributed by atoms with Crippen molar-refractivity contribution in [2.75, 3.05) is 19.0 Å². The van der Waals surface area contributed by atoms with Crippen molar-refractivity contribution in [2.24, 2.45) is 5.16 Å². The normalized spacial score (nSPS) is 17.2. The quantitative estimate of drug-likeness (QED) is 0.504. The van der Waals surface area contributed by atoms with Crippen molar-refractivity contribution in [3.05, 3.63) is 76.3 Å². The van der Waals surface area contributed by atoms with E-state index in [1.807, 2.05) is 19.1 Å². The van der Waals surface area contributed by atoms with Gasteiger partial charge in [0.05, 0.1) is 28.6 Å². The minimum absolute atomic E-state index is 0.184. The number of nitrogens with zero attached hydrogens (tertiary/aromatic N) is 3. The lowest BCUT2D eigenvalue weighted by Crippen LogP contribution is -2.33. The molecular weight excluding hydrogens is 467 g/mol. The monoisotopic (exact) mass is 486 g/mol.